The standard InChI is InChI=1S/C27H28F3NO/c28-23-9-3-20(4-10-23)26(21-5-11-24(29)12-6-21)2-1-17-31-18-15-27(32,16-19-31)22-7-13-25(30)14-8-22/h3-14,26,32H,1-2,15-19H2. The van der Waals surface area contributed by atoms with Gasteiger partial charge in [0.1, 0.15) is 17.5 Å². The molecule has 1 heterocycles. The lowest BCUT2D eigenvalue weighted by molar-refractivity contribution is -0.0261. The molecular formula is C27H28F3NO. The van der Waals surface area contributed by atoms with Crippen LogP contribution < -0.4 is 0 Å². The van der Waals surface area contributed by atoms with Crippen LogP contribution in [0.2, 0.25) is 0 Å². The summed E-state index contributed by atoms with van der Waals surface area (Å²) in [6.45, 7) is 2.43. The normalized spacial score (nSPS) is 16.4. The Labute approximate surface area is 187 Å². The van der Waals surface area contributed by atoms with Crippen LogP contribution in [0.4, 0.5) is 13.2 Å². The van der Waals surface area contributed by atoms with Crippen LogP contribution in [0.1, 0.15) is 48.3 Å². The van der Waals surface area contributed by atoms with E-state index >= 15 is 0 Å². The molecule has 0 atom stereocenters. The monoisotopic (exact) mass is 439 g/mol. The molecule has 0 aromatic heterocycles. The molecule has 1 N–H and O–H groups in total. The number of aliphatic hydroxyl groups is 1. The smallest absolute Gasteiger partial charge is 0.123 e. The molecule has 0 aliphatic carbocycles. The number of piperidine rings is 1. The maximum Gasteiger partial charge on any atom is 0.123 e. The second-order valence-electron chi connectivity index (χ2n) is 8.68. The first kappa shape index (κ1) is 22.6. The second kappa shape index (κ2) is 9.88. The van der Waals surface area contributed by atoms with Gasteiger partial charge in [-0.3, -0.25) is 0 Å². The molecule has 168 valence electrons. The van der Waals surface area contributed by atoms with Crippen LogP contribution in [0.5, 0.6) is 0 Å². The molecule has 1 saturated heterocycles. The van der Waals surface area contributed by atoms with Gasteiger partial charge in [0.25, 0.3) is 0 Å². The van der Waals surface area contributed by atoms with Crippen molar-refractivity contribution in [2.75, 3.05) is 19.6 Å². The Kier molecular flexibility index (Phi) is 6.97. The lowest BCUT2D eigenvalue weighted by Gasteiger charge is -2.38. The van der Waals surface area contributed by atoms with Crippen LogP contribution in [0.3, 0.4) is 0 Å². The van der Waals surface area contributed by atoms with Crippen molar-refractivity contribution in [3.63, 3.8) is 0 Å². The van der Waals surface area contributed by atoms with Gasteiger partial charge in [0.05, 0.1) is 5.60 Å². The van der Waals surface area contributed by atoms with E-state index < -0.39 is 5.60 Å². The average molecular weight is 440 g/mol. The molecule has 3 aromatic carbocycles. The first-order chi connectivity index (χ1) is 15.4. The summed E-state index contributed by atoms with van der Waals surface area (Å²) in [4.78, 5) is 2.34. The maximum atomic E-state index is 13.4. The first-order valence-electron chi connectivity index (χ1n) is 11.1. The van der Waals surface area contributed by atoms with Crippen LogP contribution in [-0.2, 0) is 5.60 Å². The first-order valence-corrected chi connectivity index (χ1v) is 11.1. The van der Waals surface area contributed by atoms with Gasteiger partial charge in [-0.25, -0.2) is 13.2 Å². The molecule has 0 amide bonds. The molecule has 2 nitrogen and oxygen atoms in total. The summed E-state index contributed by atoms with van der Waals surface area (Å²) >= 11 is 0. The maximum absolute atomic E-state index is 13.4. The highest BCUT2D eigenvalue weighted by atomic mass is 19.1. The lowest BCUT2D eigenvalue weighted by atomic mass is 9.84. The molecule has 0 saturated carbocycles. The van der Waals surface area contributed by atoms with Crippen LogP contribution in [0.25, 0.3) is 0 Å². The summed E-state index contributed by atoms with van der Waals surface area (Å²) in [5.41, 5.74) is 1.89. The predicted molar refractivity (Wildman–Crippen MR) is 120 cm³/mol. The minimum atomic E-state index is -0.908. The van der Waals surface area contributed by atoms with Gasteiger partial charge >= 0.3 is 0 Å². The number of benzene rings is 3. The number of halogens is 3. The van der Waals surface area contributed by atoms with E-state index in [-0.39, 0.29) is 23.4 Å². The summed E-state index contributed by atoms with van der Waals surface area (Å²) in [6.07, 6.45) is 3.00. The van der Waals surface area contributed by atoms with Gasteiger partial charge in [-0.1, -0.05) is 36.4 Å². The Morgan fingerprint density at radius 2 is 1.16 bits per heavy atom. The zero-order chi connectivity index (χ0) is 22.6. The summed E-state index contributed by atoms with van der Waals surface area (Å²) in [7, 11) is 0. The Bertz CT molecular complexity index is 949. The van der Waals surface area contributed by atoms with Crippen molar-refractivity contribution in [1.29, 1.82) is 0 Å². The quantitative estimate of drug-likeness (QED) is 0.488. The Morgan fingerprint density at radius 3 is 1.62 bits per heavy atom. The molecule has 0 unspecified atom stereocenters. The second-order valence-corrected chi connectivity index (χ2v) is 8.68. The Morgan fingerprint density at radius 1 is 0.719 bits per heavy atom. The molecule has 5 heteroatoms. The van der Waals surface area contributed by atoms with Crippen molar-refractivity contribution in [1.82, 2.24) is 4.90 Å². The minimum absolute atomic E-state index is 0.0668. The van der Waals surface area contributed by atoms with E-state index in [0.29, 0.717) is 12.8 Å². The van der Waals surface area contributed by atoms with Gasteiger partial charge in [0.2, 0.25) is 0 Å². The highest BCUT2D eigenvalue weighted by Crippen LogP contribution is 2.34. The Hall–Kier alpha value is -2.63. The van der Waals surface area contributed by atoms with Gasteiger partial charge in [-0.2, -0.15) is 0 Å². The van der Waals surface area contributed by atoms with Gasteiger partial charge in [-0.05, 0) is 85.3 Å². The molecular weight excluding hydrogens is 411 g/mol. The zero-order valence-electron chi connectivity index (χ0n) is 18.0. The molecule has 1 aliphatic heterocycles. The molecule has 0 spiro atoms. The van der Waals surface area contributed by atoms with Crippen LogP contribution in [0, 0.1) is 17.5 Å². The van der Waals surface area contributed by atoms with E-state index in [1.54, 1.807) is 36.4 Å². The Balaban J connectivity index is 1.35. The minimum Gasteiger partial charge on any atom is -0.385 e. The zero-order valence-corrected chi connectivity index (χ0v) is 18.0. The predicted octanol–water partition coefficient (Wildman–Crippen LogP) is 6.00. The van der Waals surface area contributed by atoms with E-state index in [1.165, 1.54) is 36.4 Å². The molecule has 1 aliphatic rings. The number of hydrogen-bond acceptors (Lipinski definition) is 2. The molecule has 0 bridgehead atoms. The highest BCUT2D eigenvalue weighted by Gasteiger charge is 2.33. The van der Waals surface area contributed by atoms with Gasteiger partial charge in [0, 0.05) is 19.0 Å². The van der Waals surface area contributed by atoms with Crippen LogP contribution >= 0.6 is 0 Å². The number of nitrogens with zero attached hydrogens (tertiary/aromatic N) is 1. The SMILES string of the molecule is OC1(c2ccc(F)cc2)CCN(CCCC(c2ccc(F)cc2)c2ccc(F)cc2)CC1. The lowest BCUT2D eigenvalue weighted by Crippen LogP contribution is -2.42. The fourth-order valence-corrected chi connectivity index (χ4v) is 4.63. The van der Waals surface area contributed by atoms with Gasteiger partial charge in [-0.15, -0.1) is 0 Å². The van der Waals surface area contributed by atoms with Crippen molar-refractivity contribution in [2.45, 2.75) is 37.2 Å². The van der Waals surface area contributed by atoms with Crippen molar-refractivity contribution >= 4 is 0 Å². The summed E-state index contributed by atoms with van der Waals surface area (Å²) in [5.74, 6) is -0.772. The fourth-order valence-electron chi connectivity index (χ4n) is 4.63. The number of likely N-dealkylation sites (tertiary alicyclic amines) is 1. The van der Waals surface area contributed by atoms with E-state index in [4.69, 9.17) is 0 Å². The topological polar surface area (TPSA) is 23.5 Å². The largest absolute Gasteiger partial charge is 0.385 e. The molecule has 1 fully saturated rings. The van der Waals surface area contributed by atoms with Gasteiger partial charge < -0.3 is 10.0 Å². The molecule has 32 heavy (non-hydrogen) atoms. The summed E-state index contributed by atoms with van der Waals surface area (Å²) in [6, 6.07) is 19.2. The average Bonchev–Trinajstić information content (AvgIpc) is 2.80. The van der Waals surface area contributed by atoms with E-state index in [9.17, 15) is 18.3 Å². The van der Waals surface area contributed by atoms with Crippen molar-refractivity contribution in [3.8, 4) is 0 Å². The third-order valence-corrected chi connectivity index (χ3v) is 6.58. The van der Waals surface area contributed by atoms with Crippen LogP contribution in [0.15, 0.2) is 72.8 Å². The summed E-state index contributed by atoms with van der Waals surface area (Å²) < 4.78 is 40.0. The van der Waals surface area contributed by atoms with E-state index in [2.05, 4.69) is 4.90 Å². The number of rotatable bonds is 7. The van der Waals surface area contributed by atoms with Crippen LogP contribution in [-0.4, -0.2) is 29.6 Å². The van der Waals surface area contributed by atoms with E-state index in [0.717, 1.165) is 49.2 Å². The molecule has 4 rings (SSSR count). The van der Waals surface area contributed by atoms with E-state index in [1.807, 2.05) is 0 Å². The third kappa shape index (κ3) is 5.40. The van der Waals surface area contributed by atoms with Crippen molar-refractivity contribution < 1.29 is 18.3 Å². The highest BCUT2D eigenvalue weighted by molar-refractivity contribution is 5.32. The number of hydrogen-bond donors (Lipinski definition) is 1. The summed E-state index contributed by atoms with van der Waals surface area (Å²) in [5, 5.41) is 11.0. The third-order valence-electron chi connectivity index (χ3n) is 6.58. The fraction of sp³-hybridized carbons (Fsp3) is 0.333. The van der Waals surface area contributed by atoms with Crippen molar-refractivity contribution in [2.24, 2.45) is 0 Å². The van der Waals surface area contributed by atoms with Gasteiger partial charge in [0.15, 0.2) is 0 Å². The molecule has 3 aromatic rings. The van der Waals surface area contributed by atoms with Crippen molar-refractivity contribution in [3.05, 3.63) is 107 Å². The molecule has 0 radical (unpaired) electrons.